The van der Waals surface area contributed by atoms with Crippen LogP contribution in [-0.4, -0.2) is 15.7 Å². The van der Waals surface area contributed by atoms with Crippen molar-refractivity contribution >= 4 is 10.5 Å². The van der Waals surface area contributed by atoms with Crippen LogP contribution in [0.4, 0.5) is 0 Å². The molecule has 0 aromatic carbocycles. The quantitative estimate of drug-likeness (QED) is 0.287. The maximum Gasteiger partial charge on any atom is 0.178 e. The molecule has 0 aliphatic heterocycles. The molecule has 0 amide bonds. The van der Waals surface area contributed by atoms with Gasteiger partial charge in [0.1, 0.15) is 0 Å². The minimum absolute atomic E-state index is 0.529. The molecule has 0 fully saturated rings. The fourth-order valence-corrected chi connectivity index (χ4v) is 0. The van der Waals surface area contributed by atoms with Gasteiger partial charge in [-0.2, -0.15) is 0 Å². The summed E-state index contributed by atoms with van der Waals surface area (Å²) < 4.78 is 3.99. The van der Waals surface area contributed by atoms with E-state index in [4.69, 9.17) is 5.21 Å². The van der Waals surface area contributed by atoms with Gasteiger partial charge in [-0.3, -0.25) is 5.21 Å². The lowest BCUT2D eigenvalue weighted by atomic mass is 13.3. The second-order valence-electron chi connectivity index (χ2n) is 0.295. The molecule has 0 aliphatic carbocycles. The first kappa shape index (κ1) is 4.10. The summed E-state index contributed by atoms with van der Waals surface area (Å²) in [7, 11) is 0.529. The molecule has 0 unspecified atom stereocenters. The van der Waals surface area contributed by atoms with Crippen molar-refractivity contribution in [3.63, 3.8) is 0 Å². The van der Waals surface area contributed by atoms with Gasteiger partial charge in [0.2, 0.25) is 0 Å². The summed E-state index contributed by atoms with van der Waals surface area (Å²) in [5.41, 5.74) is 1.49. The van der Waals surface area contributed by atoms with Crippen LogP contribution in [0.1, 0.15) is 0 Å². The monoisotopic (exact) mass is 79.0 g/mol. The molecule has 4 heavy (non-hydrogen) atoms. The Morgan fingerprint density at radius 2 is 2.25 bits per heavy atom. The molecule has 0 saturated heterocycles. The zero-order chi connectivity index (χ0) is 3.41. The molecule has 0 atom stereocenters. The zero-order valence-corrected chi connectivity index (χ0v) is 4.36. The third kappa shape index (κ3) is 2.10. The van der Waals surface area contributed by atoms with Crippen LogP contribution in [0, 0.1) is 0 Å². The average Bonchev–Trinajstić information content (AvgIpc) is 1.37. The number of hydrogen-bond donors (Lipinski definition) is 2. The number of nitrogens with one attached hydrogen (secondary N) is 1. The molecule has 0 spiro atoms. The second kappa shape index (κ2) is 3.10. The Bertz CT molecular complexity index is 8.00. The molecule has 0 aromatic heterocycles. The van der Waals surface area contributed by atoms with Crippen molar-refractivity contribution in [1.82, 2.24) is 5.64 Å². The molecular formula is H5NO2Si. The minimum atomic E-state index is 0.529. The first-order valence-corrected chi connectivity index (χ1v) is 1.65. The molecule has 0 rings (SSSR count). The lowest BCUT2D eigenvalue weighted by Gasteiger charge is -1.80. The van der Waals surface area contributed by atoms with Gasteiger partial charge in [0.05, 0.1) is 0 Å². The molecule has 0 aliphatic rings. The fraction of sp³-hybridized carbons (Fsp3) is 0. The highest BCUT2D eigenvalue weighted by molar-refractivity contribution is 5.97. The summed E-state index contributed by atoms with van der Waals surface area (Å²) in [6.45, 7) is 0. The predicted octanol–water partition coefficient (Wildman–Crippen LogP) is -1.82. The largest absolute Gasteiger partial charge is 0.335 e. The van der Waals surface area contributed by atoms with Crippen molar-refractivity contribution in [2.75, 3.05) is 0 Å². The van der Waals surface area contributed by atoms with Gasteiger partial charge in [-0.25, -0.2) is 0 Å². The van der Waals surface area contributed by atoms with Gasteiger partial charge in [-0.05, 0) is 0 Å². The van der Waals surface area contributed by atoms with E-state index in [-0.39, 0.29) is 0 Å². The van der Waals surface area contributed by atoms with Gasteiger partial charge in [-0.1, -0.05) is 5.64 Å². The Balaban J connectivity index is 1.97. The van der Waals surface area contributed by atoms with Crippen molar-refractivity contribution in [2.45, 2.75) is 0 Å². The van der Waals surface area contributed by atoms with E-state index < -0.39 is 0 Å². The molecule has 0 saturated carbocycles. The van der Waals surface area contributed by atoms with Crippen LogP contribution in [0.15, 0.2) is 0 Å². The summed E-state index contributed by atoms with van der Waals surface area (Å²) in [5.74, 6) is 0. The normalized spacial score (nSPS) is 8.25. The molecule has 0 radical (unpaired) electrons. The average molecular weight is 79.1 g/mol. The Hall–Kier alpha value is 0.0969. The molecule has 0 heterocycles. The number of hydrogen-bond acceptors (Lipinski definition) is 3. The Morgan fingerprint density at radius 1 is 2.00 bits per heavy atom. The third-order valence-corrected chi connectivity index (χ3v) is 0.274. The van der Waals surface area contributed by atoms with Crippen LogP contribution in [0.5, 0.6) is 0 Å². The van der Waals surface area contributed by atoms with Gasteiger partial charge >= 0.3 is 0 Å². The highest BCUT2D eigenvalue weighted by Gasteiger charge is 1.46. The second-order valence-corrected chi connectivity index (χ2v) is 0.704. The van der Waals surface area contributed by atoms with Gasteiger partial charge in [0.15, 0.2) is 10.5 Å². The van der Waals surface area contributed by atoms with Crippen LogP contribution in [0.25, 0.3) is 0 Å². The van der Waals surface area contributed by atoms with E-state index in [1.165, 1.54) is 5.64 Å². The van der Waals surface area contributed by atoms with E-state index in [9.17, 15) is 0 Å². The zero-order valence-electron chi connectivity index (χ0n) is 2.36. The highest BCUT2D eigenvalue weighted by Crippen LogP contribution is 1.28. The maximum atomic E-state index is 7.44. The summed E-state index contributed by atoms with van der Waals surface area (Å²) in [5, 5.41) is 7.44. The SMILES string of the molecule is ONO[SiH3]. The molecule has 26 valence electrons. The number of rotatable bonds is 1. The van der Waals surface area contributed by atoms with Gasteiger partial charge in [-0.15, -0.1) is 0 Å². The smallest absolute Gasteiger partial charge is 0.178 e. The summed E-state index contributed by atoms with van der Waals surface area (Å²) in [6.07, 6.45) is 0. The third-order valence-electron chi connectivity index (χ3n) is 0.0913. The van der Waals surface area contributed by atoms with Gasteiger partial charge in [0, 0.05) is 0 Å². The lowest BCUT2D eigenvalue weighted by molar-refractivity contribution is -0.0378. The lowest BCUT2D eigenvalue weighted by Crippen LogP contribution is -2.03. The van der Waals surface area contributed by atoms with E-state index in [1.807, 2.05) is 0 Å². The van der Waals surface area contributed by atoms with Crippen LogP contribution >= 0.6 is 0 Å². The molecule has 0 aromatic rings. The first-order chi connectivity index (χ1) is 1.91. The minimum Gasteiger partial charge on any atom is -0.335 e. The highest BCUT2D eigenvalue weighted by atomic mass is 28.2. The van der Waals surface area contributed by atoms with Crippen LogP contribution in [0.2, 0.25) is 0 Å². The molecular weight excluding hydrogens is 74.1 g/mol. The Morgan fingerprint density at radius 3 is 2.25 bits per heavy atom. The Labute approximate surface area is 27.0 Å². The van der Waals surface area contributed by atoms with E-state index >= 15 is 0 Å². The van der Waals surface area contributed by atoms with Crippen LogP contribution in [0.3, 0.4) is 0 Å². The van der Waals surface area contributed by atoms with E-state index in [0.717, 1.165) is 0 Å². The van der Waals surface area contributed by atoms with Gasteiger partial charge in [0.25, 0.3) is 0 Å². The molecule has 0 bridgehead atoms. The van der Waals surface area contributed by atoms with E-state index in [1.54, 1.807) is 0 Å². The van der Waals surface area contributed by atoms with Crippen molar-refractivity contribution in [1.29, 1.82) is 0 Å². The first-order valence-electron chi connectivity index (χ1n) is 0.836. The van der Waals surface area contributed by atoms with Crippen molar-refractivity contribution in [3.05, 3.63) is 0 Å². The van der Waals surface area contributed by atoms with E-state index in [2.05, 4.69) is 4.53 Å². The molecule has 3 nitrogen and oxygen atoms in total. The summed E-state index contributed by atoms with van der Waals surface area (Å²) in [6, 6.07) is 0. The van der Waals surface area contributed by atoms with Crippen molar-refractivity contribution in [2.24, 2.45) is 0 Å². The topological polar surface area (TPSA) is 41.5 Å². The summed E-state index contributed by atoms with van der Waals surface area (Å²) in [4.78, 5) is 0. The fourth-order valence-electron chi connectivity index (χ4n) is 0. The van der Waals surface area contributed by atoms with Gasteiger partial charge < -0.3 is 4.53 Å². The molecule has 2 N–H and O–H groups in total. The predicted molar refractivity (Wildman–Crippen MR) is 15.9 cm³/mol. The standard InChI is InChI=1S/H5NO2Si/c2-1-3-4/h1-2H,4H3. The van der Waals surface area contributed by atoms with Crippen molar-refractivity contribution < 1.29 is 9.73 Å². The van der Waals surface area contributed by atoms with Crippen LogP contribution < -0.4 is 5.64 Å². The molecule has 4 heteroatoms. The van der Waals surface area contributed by atoms with E-state index in [0.29, 0.717) is 10.5 Å². The van der Waals surface area contributed by atoms with Crippen molar-refractivity contribution in [3.8, 4) is 0 Å². The summed E-state index contributed by atoms with van der Waals surface area (Å²) >= 11 is 0. The maximum absolute atomic E-state index is 7.44. The van der Waals surface area contributed by atoms with Crippen LogP contribution in [-0.2, 0) is 4.53 Å². The Kier molecular flexibility index (Phi) is 3.17.